The van der Waals surface area contributed by atoms with Crippen LogP contribution in [0.5, 0.6) is 0 Å². The van der Waals surface area contributed by atoms with Crippen LogP contribution in [0.2, 0.25) is 0 Å². The molecule has 166 valence electrons. The van der Waals surface area contributed by atoms with Gasteiger partial charge in [0.2, 0.25) is 10.0 Å². The van der Waals surface area contributed by atoms with E-state index < -0.39 is 15.3 Å². The van der Waals surface area contributed by atoms with Crippen LogP contribution in [0.3, 0.4) is 0 Å². The van der Waals surface area contributed by atoms with Crippen molar-refractivity contribution in [3.63, 3.8) is 0 Å². The van der Waals surface area contributed by atoms with E-state index in [2.05, 4.69) is 15.4 Å². The third-order valence-corrected chi connectivity index (χ3v) is 7.54. The van der Waals surface area contributed by atoms with Gasteiger partial charge in [-0.05, 0) is 62.6 Å². The van der Waals surface area contributed by atoms with Gasteiger partial charge in [0, 0.05) is 35.8 Å². The highest BCUT2D eigenvalue weighted by Gasteiger charge is 2.32. The second-order valence-corrected chi connectivity index (χ2v) is 10.4. The van der Waals surface area contributed by atoms with E-state index in [1.54, 1.807) is 45.2 Å². The van der Waals surface area contributed by atoms with Crippen LogP contribution >= 0.6 is 0 Å². The zero-order valence-corrected chi connectivity index (χ0v) is 18.8. The summed E-state index contributed by atoms with van der Waals surface area (Å²) >= 11 is 0. The van der Waals surface area contributed by atoms with Crippen LogP contribution in [-0.2, 0) is 10.0 Å². The molecule has 8 heteroatoms. The molecule has 0 unspecified atom stereocenters. The molecule has 3 N–H and O–H groups in total. The number of hydrogen-bond acceptors (Lipinski definition) is 4. The topological polar surface area (TPSA) is 104 Å². The minimum absolute atomic E-state index is 0.111. The Bertz CT molecular complexity index is 1050. The predicted molar refractivity (Wildman–Crippen MR) is 122 cm³/mol. The average molecular weight is 444 g/mol. The standard InChI is InChI=1S/C23H29N3O4S/c1-15(2)31(29,30)26-21-9-5-8-20(21)16-10-12-19(13-11-16)25-23(28)18-7-4-6-17(14-18)22(27)24-3/h4,6-7,10-15,20-21,26H,5,8-9H2,1-3H3,(H,24,27)(H,25,28)/t20-,21-/m0/s1. The molecule has 1 aliphatic carbocycles. The van der Waals surface area contributed by atoms with Gasteiger partial charge in [-0.3, -0.25) is 9.59 Å². The van der Waals surface area contributed by atoms with Crippen LogP contribution in [0.1, 0.15) is 65.3 Å². The number of anilines is 1. The fourth-order valence-electron chi connectivity index (χ4n) is 3.81. The molecule has 2 aromatic carbocycles. The summed E-state index contributed by atoms with van der Waals surface area (Å²) in [6.45, 7) is 3.35. The maximum Gasteiger partial charge on any atom is 0.255 e. The first-order valence-electron chi connectivity index (χ1n) is 10.5. The molecule has 7 nitrogen and oxygen atoms in total. The van der Waals surface area contributed by atoms with Gasteiger partial charge in [-0.25, -0.2) is 13.1 Å². The van der Waals surface area contributed by atoms with Gasteiger partial charge in [-0.1, -0.05) is 24.6 Å². The lowest BCUT2D eigenvalue weighted by Crippen LogP contribution is -2.40. The minimum Gasteiger partial charge on any atom is -0.355 e. The van der Waals surface area contributed by atoms with E-state index in [4.69, 9.17) is 0 Å². The highest BCUT2D eigenvalue weighted by Crippen LogP contribution is 2.35. The molecule has 2 amide bonds. The monoisotopic (exact) mass is 443 g/mol. The highest BCUT2D eigenvalue weighted by molar-refractivity contribution is 7.90. The van der Waals surface area contributed by atoms with Crippen molar-refractivity contribution in [2.24, 2.45) is 0 Å². The summed E-state index contributed by atoms with van der Waals surface area (Å²) in [5.74, 6) is -0.442. The van der Waals surface area contributed by atoms with E-state index in [1.807, 2.05) is 24.3 Å². The number of benzene rings is 2. The van der Waals surface area contributed by atoms with E-state index in [0.717, 1.165) is 24.8 Å². The summed E-state index contributed by atoms with van der Waals surface area (Å²) in [5.41, 5.74) is 2.50. The van der Waals surface area contributed by atoms with Crippen molar-refractivity contribution in [1.82, 2.24) is 10.0 Å². The molecule has 0 spiro atoms. The molecular formula is C23H29N3O4S. The summed E-state index contributed by atoms with van der Waals surface area (Å²) in [6, 6.07) is 13.9. The smallest absolute Gasteiger partial charge is 0.255 e. The van der Waals surface area contributed by atoms with Gasteiger partial charge in [0.25, 0.3) is 11.8 Å². The van der Waals surface area contributed by atoms with Crippen molar-refractivity contribution in [2.75, 3.05) is 12.4 Å². The maximum absolute atomic E-state index is 12.6. The maximum atomic E-state index is 12.6. The molecule has 3 rings (SSSR count). The molecule has 1 fully saturated rings. The van der Waals surface area contributed by atoms with Crippen LogP contribution < -0.4 is 15.4 Å². The summed E-state index contributed by atoms with van der Waals surface area (Å²) in [4.78, 5) is 24.3. The SMILES string of the molecule is CNC(=O)c1cccc(C(=O)Nc2ccc([C@@H]3CCC[C@@H]3NS(=O)(=O)C(C)C)cc2)c1. The van der Waals surface area contributed by atoms with Crippen molar-refractivity contribution in [2.45, 2.75) is 50.3 Å². The van der Waals surface area contributed by atoms with Crippen LogP contribution in [-0.4, -0.2) is 38.6 Å². The number of amides is 2. The zero-order valence-electron chi connectivity index (χ0n) is 18.0. The van der Waals surface area contributed by atoms with E-state index in [9.17, 15) is 18.0 Å². The Balaban J connectivity index is 1.69. The van der Waals surface area contributed by atoms with Crippen molar-refractivity contribution >= 4 is 27.5 Å². The molecule has 0 radical (unpaired) electrons. The van der Waals surface area contributed by atoms with Gasteiger partial charge in [-0.15, -0.1) is 0 Å². The number of sulfonamides is 1. The lowest BCUT2D eigenvalue weighted by atomic mass is 9.94. The van der Waals surface area contributed by atoms with Crippen LogP contribution in [0.15, 0.2) is 48.5 Å². The molecule has 1 saturated carbocycles. The molecule has 2 aromatic rings. The molecule has 1 aliphatic rings. The van der Waals surface area contributed by atoms with Gasteiger partial charge in [0.15, 0.2) is 0 Å². The van der Waals surface area contributed by atoms with Crippen LogP contribution in [0, 0.1) is 0 Å². The predicted octanol–water partition coefficient (Wildman–Crippen LogP) is 3.26. The van der Waals surface area contributed by atoms with Gasteiger partial charge >= 0.3 is 0 Å². The third kappa shape index (κ3) is 5.51. The lowest BCUT2D eigenvalue weighted by Gasteiger charge is -2.23. The van der Waals surface area contributed by atoms with E-state index in [-0.39, 0.29) is 23.8 Å². The first-order chi connectivity index (χ1) is 14.7. The Labute approximate surface area is 183 Å². The largest absolute Gasteiger partial charge is 0.355 e. The summed E-state index contributed by atoms with van der Waals surface area (Å²) in [5, 5.41) is 4.92. The number of hydrogen-bond donors (Lipinski definition) is 3. The normalized spacial score (nSPS) is 18.7. The molecule has 0 aromatic heterocycles. The van der Waals surface area contributed by atoms with Gasteiger partial charge < -0.3 is 10.6 Å². The second kappa shape index (κ2) is 9.62. The van der Waals surface area contributed by atoms with Crippen molar-refractivity contribution < 1.29 is 18.0 Å². The third-order valence-electron chi connectivity index (χ3n) is 5.66. The van der Waals surface area contributed by atoms with Gasteiger partial charge in [0.1, 0.15) is 0 Å². The zero-order chi connectivity index (χ0) is 22.6. The highest BCUT2D eigenvalue weighted by atomic mass is 32.2. The summed E-state index contributed by atoms with van der Waals surface area (Å²) < 4.78 is 27.4. The van der Waals surface area contributed by atoms with Gasteiger partial charge in [-0.2, -0.15) is 0 Å². The van der Waals surface area contributed by atoms with E-state index in [0.29, 0.717) is 16.8 Å². The quantitative estimate of drug-likeness (QED) is 0.611. The molecule has 0 heterocycles. The first kappa shape index (κ1) is 23.0. The fraction of sp³-hybridized carbons (Fsp3) is 0.391. The lowest BCUT2D eigenvalue weighted by molar-refractivity contribution is 0.0963. The fourth-order valence-corrected chi connectivity index (χ4v) is 4.79. The van der Waals surface area contributed by atoms with Gasteiger partial charge in [0.05, 0.1) is 5.25 Å². The van der Waals surface area contributed by atoms with Crippen molar-refractivity contribution in [1.29, 1.82) is 0 Å². The van der Waals surface area contributed by atoms with Crippen molar-refractivity contribution in [3.8, 4) is 0 Å². The average Bonchev–Trinajstić information content (AvgIpc) is 3.21. The Morgan fingerprint density at radius 3 is 2.23 bits per heavy atom. The molecule has 31 heavy (non-hydrogen) atoms. The van der Waals surface area contributed by atoms with E-state index >= 15 is 0 Å². The van der Waals surface area contributed by atoms with Crippen LogP contribution in [0.4, 0.5) is 5.69 Å². The Morgan fingerprint density at radius 1 is 0.968 bits per heavy atom. The molecule has 0 bridgehead atoms. The van der Waals surface area contributed by atoms with Crippen molar-refractivity contribution in [3.05, 3.63) is 65.2 Å². The molecule has 2 atom stereocenters. The molecule has 0 aliphatic heterocycles. The minimum atomic E-state index is -3.32. The number of nitrogens with one attached hydrogen (secondary N) is 3. The number of carbonyl (C=O) groups is 2. The Morgan fingerprint density at radius 2 is 1.61 bits per heavy atom. The first-order valence-corrected chi connectivity index (χ1v) is 12.0. The second-order valence-electron chi connectivity index (χ2n) is 8.09. The Hall–Kier alpha value is -2.71. The van der Waals surface area contributed by atoms with Crippen LogP contribution in [0.25, 0.3) is 0 Å². The summed E-state index contributed by atoms with van der Waals surface area (Å²) in [7, 11) is -1.78. The Kier molecular flexibility index (Phi) is 7.12. The number of rotatable bonds is 7. The van der Waals surface area contributed by atoms with E-state index in [1.165, 1.54) is 0 Å². The molecule has 0 saturated heterocycles. The molecular weight excluding hydrogens is 414 g/mol. The summed E-state index contributed by atoms with van der Waals surface area (Å²) in [6.07, 6.45) is 2.70. The number of carbonyl (C=O) groups excluding carboxylic acids is 2.